The fraction of sp³-hybridized carbons (Fsp3) is 0.250. The van der Waals surface area contributed by atoms with E-state index in [9.17, 15) is 17.6 Å². The zero-order valence-corrected chi connectivity index (χ0v) is 21.5. The van der Waals surface area contributed by atoms with E-state index >= 15 is 13.2 Å². The molecule has 0 amide bonds. The Balaban J connectivity index is 1.24. The normalized spacial score (nSPS) is 17.6. The van der Waals surface area contributed by atoms with Crippen molar-refractivity contribution in [2.45, 2.75) is 44.6 Å². The maximum absolute atomic E-state index is 15.0. The van der Waals surface area contributed by atoms with Crippen molar-refractivity contribution >= 4 is 0 Å². The minimum absolute atomic E-state index is 0.0749. The summed E-state index contributed by atoms with van der Waals surface area (Å²) in [5.74, 6) is -7.98. The van der Waals surface area contributed by atoms with E-state index in [0.717, 1.165) is 28.8 Å². The van der Waals surface area contributed by atoms with Crippen LogP contribution in [0.1, 0.15) is 42.7 Å². The molecule has 0 atom stereocenters. The lowest BCUT2D eigenvalue weighted by Gasteiger charge is -2.33. The van der Waals surface area contributed by atoms with Gasteiger partial charge in [-0.3, -0.25) is 0 Å². The highest BCUT2D eigenvalue weighted by atomic mass is 19.3. The Kier molecular flexibility index (Phi) is 7.62. The van der Waals surface area contributed by atoms with Crippen LogP contribution in [0.15, 0.2) is 72.8 Å². The summed E-state index contributed by atoms with van der Waals surface area (Å²) in [5, 5.41) is 0. The smallest absolute Gasteiger partial charge is 0.400 e. The van der Waals surface area contributed by atoms with Crippen LogP contribution in [0, 0.1) is 41.9 Å². The van der Waals surface area contributed by atoms with E-state index in [4.69, 9.17) is 4.74 Å². The van der Waals surface area contributed by atoms with Gasteiger partial charge in [-0.05, 0) is 91.1 Å². The number of benzene rings is 4. The molecule has 40 heavy (non-hydrogen) atoms. The van der Waals surface area contributed by atoms with Crippen LogP contribution in [0.4, 0.5) is 30.7 Å². The minimum atomic E-state index is -3.62. The standard InChI is InChI=1S/C32H25F7O/c1-18-2-4-19(5-3-18)21-8-12-25(27(33)14-21)20-6-9-23(10-7-20)32(38,39)40-24-11-13-26(28(34)17-24)22-15-29(35)31(37)30(36)16-22/h2-5,8,11-17,20,23H,6-7,9-10H2,1H3. The molecule has 1 saturated carbocycles. The molecule has 0 saturated heterocycles. The van der Waals surface area contributed by atoms with Crippen LogP contribution in [0.2, 0.25) is 0 Å². The topological polar surface area (TPSA) is 9.23 Å². The summed E-state index contributed by atoms with van der Waals surface area (Å²) in [6.07, 6.45) is -2.81. The third-order valence-corrected chi connectivity index (χ3v) is 7.52. The maximum atomic E-state index is 15.0. The molecule has 0 bridgehead atoms. The van der Waals surface area contributed by atoms with Crippen molar-refractivity contribution < 1.29 is 35.5 Å². The van der Waals surface area contributed by atoms with E-state index < -0.39 is 41.0 Å². The van der Waals surface area contributed by atoms with Gasteiger partial charge in [0.15, 0.2) is 17.5 Å². The first-order chi connectivity index (χ1) is 19.0. The van der Waals surface area contributed by atoms with Gasteiger partial charge in [-0.25, -0.2) is 22.0 Å². The van der Waals surface area contributed by atoms with E-state index in [0.29, 0.717) is 36.6 Å². The Morgan fingerprint density at radius 2 is 1.23 bits per heavy atom. The molecule has 0 unspecified atom stereocenters. The predicted molar refractivity (Wildman–Crippen MR) is 139 cm³/mol. The van der Waals surface area contributed by atoms with Gasteiger partial charge in [0.1, 0.15) is 17.4 Å². The van der Waals surface area contributed by atoms with Crippen LogP contribution < -0.4 is 4.74 Å². The Morgan fingerprint density at radius 3 is 1.82 bits per heavy atom. The van der Waals surface area contributed by atoms with Crippen molar-refractivity contribution in [3.8, 4) is 28.0 Å². The van der Waals surface area contributed by atoms with Crippen LogP contribution in [0.5, 0.6) is 5.75 Å². The molecular weight excluding hydrogens is 533 g/mol. The summed E-state index contributed by atoms with van der Waals surface area (Å²) in [5.41, 5.74) is 2.62. The first kappa shape index (κ1) is 27.7. The average Bonchev–Trinajstić information content (AvgIpc) is 2.92. The molecule has 0 aromatic heterocycles. The van der Waals surface area contributed by atoms with Gasteiger partial charge in [0.05, 0.1) is 5.92 Å². The Hall–Kier alpha value is -3.81. The zero-order chi connectivity index (χ0) is 28.6. The highest BCUT2D eigenvalue weighted by molar-refractivity contribution is 5.66. The maximum Gasteiger partial charge on any atom is 0.400 e. The Labute approximate surface area is 227 Å². The number of hydrogen-bond acceptors (Lipinski definition) is 1. The van der Waals surface area contributed by atoms with E-state index in [1.165, 1.54) is 6.07 Å². The van der Waals surface area contributed by atoms with E-state index in [1.54, 1.807) is 6.07 Å². The molecule has 0 spiro atoms. The lowest BCUT2D eigenvalue weighted by Crippen LogP contribution is -2.37. The van der Waals surface area contributed by atoms with Crippen molar-refractivity contribution in [1.82, 2.24) is 0 Å². The molecule has 208 valence electrons. The Bertz CT molecular complexity index is 1500. The van der Waals surface area contributed by atoms with Crippen molar-refractivity contribution in [1.29, 1.82) is 0 Å². The fourth-order valence-corrected chi connectivity index (χ4v) is 5.27. The van der Waals surface area contributed by atoms with Crippen molar-refractivity contribution in [2.75, 3.05) is 0 Å². The molecule has 0 aliphatic heterocycles. The van der Waals surface area contributed by atoms with Crippen LogP contribution in [0.3, 0.4) is 0 Å². The van der Waals surface area contributed by atoms with Crippen molar-refractivity contribution in [3.05, 3.63) is 113 Å². The van der Waals surface area contributed by atoms with Crippen LogP contribution in [-0.2, 0) is 0 Å². The number of ether oxygens (including phenoxy) is 1. The quantitative estimate of drug-likeness (QED) is 0.169. The van der Waals surface area contributed by atoms with E-state index in [-0.39, 0.29) is 35.7 Å². The first-order valence-electron chi connectivity index (χ1n) is 12.9. The minimum Gasteiger partial charge on any atom is -0.432 e. The third kappa shape index (κ3) is 5.71. The predicted octanol–water partition coefficient (Wildman–Crippen LogP) is 9.97. The lowest BCUT2D eigenvalue weighted by molar-refractivity contribution is -0.222. The van der Waals surface area contributed by atoms with Crippen molar-refractivity contribution in [2.24, 2.45) is 5.92 Å². The monoisotopic (exact) mass is 558 g/mol. The fourth-order valence-electron chi connectivity index (χ4n) is 5.27. The number of alkyl halides is 2. The highest BCUT2D eigenvalue weighted by Crippen LogP contribution is 2.44. The second-order valence-electron chi connectivity index (χ2n) is 10.2. The molecule has 4 aromatic carbocycles. The molecular formula is C32H25F7O. The Morgan fingerprint density at radius 1 is 0.625 bits per heavy atom. The first-order valence-corrected chi connectivity index (χ1v) is 12.9. The summed E-state index contributed by atoms with van der Waals surface area (Å²) in [4.78, 5) is 0. The molecule has 0 N–H and O–H groups in total. The van der Waals surface area contributed by atoms with Gasteiger partial charge in [-0.15, -0.1) is 0 Å². The molecule has 1 aliphatic carbocycles. The second-order valence-corrected chi connectivity index (χ2v) is 10.2. The van der Waals surface area contributed by atoms with E-state index in [1.807, 2.05) is 37.3 Å². The summed E-state index contributed by atoms with van der Waals surface area (Å²) in [7, 11) is 0. The summed E-state index contributed by atoms with van der Waals surface area (Å²) in [6.45, 7) is 1.97. The number of aryl methyl sites for hydroxylation is 1. The van der Waals surface area contributed by atoms with E-state index in [2.05, 4.69) is 0 Å². The van der Waals surface area contributed by atoms with Crippen LogP contribution in [0.25, 0.3) is 22.3 Å². The molecule has 1 nitrogen and oxygen atoms in total. The summed E-state index contributed by atoms with van der Waals surface area (Å²) >= 11 is 0. The van der Waals surface area contributed by atoms with Gasteiger partial charge < -0.3 is 4.74 Å². The third-order valence-electron chi connectivity index (χ3n) is 7.52. The SMILES string of the molecule is Cc1ccc(-c2ccc(C3CCC(C(F)(F)Oc4ccc(-c5cc(F)c(F)c(F)c5)c(F)c4)CC3)c(F)c2)cc1. The molecule has 1 fully saturated rings. The van der Waals surface area contributed by atoms with Gasteiger partial charge in [-0.1, -0.05) is 42.0 Å². The van der Waals surface area contributed by atoms with Crippen LogP contribution in [-0.4, -0.2) is 6.11 Å². The van der Waals surface area contributed by atoms with Gasteiger partial charge in [0.25, 0.3) is 0 Å². The zero-order valence-electron chi connectivity index (χ0n) is 21.5. The molecule has 8 heteroatoms. The highest BCUT2D eigenvalue weighted by Gasteiger charge is 2.44. The van der Waals surface area contributed by atoms with Gasteiger partial charge >= 0.3 is 6.11 Å². The molecule has 0 radical (unpaired) electrons. The summed E-state index contributed by atoms with van der Waals surface area (Å²) < 4.78 is 105. The molecule has 4 aromatic rings. The van der Waals surface area contributed by atoms with Crippen molar-refractivity contribution in [3.63, 3.8) is 0 Å². The van der Waals surface area contributed by atoms with Crippen LogP contribution >= 0.6 is 0 Å². The van der Waals surface area contributed by atoms with Gasteiger partial charge in [0, 0.05) is 11.6 Å². The molecule has 5 rings (SSSR count). The number of halogens is 7. The second kappa shape index (κ2) is 11.0. The molecule has 0 heterocycles. The average molecular weight is 559 g/mol. The van der Waals surface area contributed by atoms with Gasteiger partial charge in [-0.2, -0.15) is 8.78 Å². The number of hydrogen-bond donors (Lipinski definition) is 0. The molecule has 1 aliphatic rings. The largest absolute Gasteiger partial charge is 0.432 e. The number of rotatable bonds is 6. The lowest BCUT2D eigenvalue weighted by atomic mass is 9.77. The van der Waals surface area contributed by atoms with Gasteiger partial charge in [0.2, 0.25) is 0 Å². The summed E-state index contributed by atoms with van der Waals surface area (Å²) in [6, 6.07) is 16.8.